The zero-order valence-corrected chi connectivity index (χ0v) is 13.1. The van der Waals surface area contributed by atoms with E-state index in [9.17, 15) is 4.79 Å². The standard InChI is InChI=1S/C18H16N4O2/c1-22-15(7-8-20-22)17-16(21-18(23)24-17)14-9-13(10-19-11-14)12-5-3-2-4-6-12/h2-11,16-17H,1H3,(H,21,23)/t16-,17+/m1/s1. The van der Waals surface area contributed by atoms with Crippen LogP contribution in [0.1, 0.15) is 23.4 Å². The molecule has 0 aliphatic carbocycles. The summed E-state index contributed by atoms with van der Waals surface area (Å²) in [5, 5.41) is 7.03. The monoisotopic (exact) mass is 320 g/mol. The van der Waals surface area contributed by atoms with Crippen LogP contribution >= 0.6 is 0 Å². The number of hydrogen-bond acceptors (Lipinski definition) is 4. The lowest BCUT2D eigenvalue weighted by Gasteiger charge is -2.17. The molecule has 0 unspecified atom stereocenters. The molecule has 2 aromatic heterocycles. The molecule has 24 heavy (non-hydrogen) atoms. The molecule has 0 saturated carbocycles. The number of aryl methyl sites for hydroxylation is 1. The maximum atomic E-state index is 11.8. The van der Waals surface area contributed by atoms with E-state index in [0.717, 1.165) is 22.4 Å². The predicted octanol–water partition coefficient (Wildman–Crippen LogP) is 3.00. The van der Waals surface area contributed by atoms with Gasteiger partial charge in [0.2, 0.25) is 0 Å². The van der Waals surface area contributed by atoms with Crippen molar-refractivity contribution in [1.29, 1.82) is 0 Å². The zero-order valence-electron chi connectivity index (χ0n) is 13.1. The number of nitrogens with one attached hydrogen (secondary N) is 1. The third kappa shape index (κ3) is 2.52. The second-order valence-electron chi connectivity index (χ2n) is 5.70. The van der Waals surface area contributed by atoms with Crippen LogP contribution in [-0.2, 0) is 11.8 Å². The van der Waals surface area contributed by atoms with Crippen LogP contribution in [0.25, 0.3) is 11.1 Å². The van der Waals surface area contributed by atoms with Crippen LogP contribution < -0.4 is 5.32 Å². The number of rotatable bonds is 3. The van der Waals surface area contributed by atoms with Gasteiger partial charge in [-0.15, -0.1) is 0 Å². The summed E-state index contributed by atoms with van der Waals surface area (Å²) in [5.41, 5.74) is 3.81. The normalized spacial score (nSPS) is 19.8. The summed E-state index contributed by atoms with van der Waals surface area (Å²) in [6, 6.07) is 13.6. The summed E-state index contributed by atoms with van der Waals surface area (Å²) in [4.78, 5) is 16.2. The lowest BCUT2D eigenvalue weighted by molar-refractivity contribution is 0.127. The molecule has 6 nitrogen and oxygen atoms in total. The summed E-state index contributed by atoms with van der Waals surface area (Å²) in [7, 11) is 1.83. The van der Waals surface area contributed by atoms with Gasteiger partial charge < -0.3 is 10.1 Å². The van der Waals surface area contributed by atoms with Crippen molar-refractivity contribution in [2.45, 2.75) is 12.1 Å². The van der Waals surface area contributed by atoms with Gasteiger partial charge in [-0.2, -0.15) is 5.10 Å². The fourth-order valence-corrected chi connectivity index (χ4v) is 2.99. The number of hydrogen-bond donors (Lipinski definition) is 1. The first-order valence-corrected chi connectivity index (χ1v) is 7.68. The summed E-state index contributed by atoms with van der Waals surface area (Å²) in [6.45, 7) is 0. The van der Waals surface area contributed by atoms with Gasteiger partial charge in [0.1, 0.15) is 6.04 Å². The summed E-state index contributed by atoms with van der Waals surface area (Å²) in [5.74, 6) is 0. The van der Waals surface area contributed by atoms with Crippen LogP contribution in [0, 0.1) is 0 Å². The Hall–Kier alpha value is -3.15. The molecule has 1 amide bonds. The van der Waals surface area contributed by atoms with E-state index in [4.69, 9.17) is 4.74 Å². The molecule has 120 valence electrons. The number of alkyl carbamates (subject to hydrolysis) is 1. The van der Waals surface area contributed by atoms with Gasteiger partial charge >= 0.3 is 6.09 Å². The highest BCUT2D eigenvalue weighted by atomic mass is 16.6. The predicted molar refractivity (Wildman–Crippen MR) is 88.0 cm³/mol. The SMILES string of the molecule is Cn1nccc1[C@@H]1OC(=O)N[C@@H]1c1cncc(-c2ccccc2)c1. The molecule has 1 N–H and O–H groups in total. The van der Waals surface area contributed by atoms with Crippen molar-refractivity contribution < 1.29 is 9.53 Å². The van der Waals surface area contributed by atoms with E-state index in [1.165, 1.54) is 0 Å². The number of aromatic nitrogens is 3. The van der Waals surface area contributed by atoms with Crippen molar-refractivity contribution in [2.24, 2.45) is 7.05 Å². The number of ether oxygens (including phenoxy) is 1. The Bertz CT molecular complexity index is 875. The topological polar surface area (TPSA) is 69.0 Å². The van der Waals surface area contributed by atoms with Gasteiger partial charge in [0, 0.05) is 31.2 Å². The molecule has 1 aliphatic rings. The lowest BCUT2D eigenvalue weighted by atomic mass is 9.98. The van der Waals surface area contributed by atoms with Gasteiger partial charge in [-0.3, -0.25) is 9.67 Å². The van der Waals surface area contributed by atoms with Crippen LogP contribution in [-0.4, -0.2) is 20.9 Å². The van der Waals surface area contributed by atoms with E-state index in [1.54, 1.807) is 17.1 Å². The van der Waals surface area contributed by atoms with E-state index in [-0.39, 0.29) is 6.04 Å². The maximum Gasteiger partial charge on any atom is 0.408 e. The largest absolute Gasteiger partial charge is 0.437 e. The van der Waals surface area contributed by atoms with E-state index < -0.39 is 12.2 Å². The van der Waals surface area contributed by atoms with Crippen LogP contribution in [0.5, 0.6) is 0 Å². The fraction of sp³-hybridized carbons (Fsp3) is 0.167. The van der Waals surface area contributed by atoms with Crippen molar-refractivity contribution in [3.05, 3.63) is 72.3 Å². The Labute approximate surface area is 139 Å². The number of pyridine rings is 1. The third-order valence-electron chi connectivity index (χ3n) is 4.19. The van der Waals surface area contributed by atoms with Crippen LogP contribution in [0.15, 0.2) is 61.1 Å². The lowest BCUT2D eigenvalue weighted by Crippen LogP contribution is -2.20. The smallest absolute Gasteiger partial charge is 0.408 e. The quantitative estimate of drug-likeness (QED) is 0.805. The highest BCUT2D eigenvalue weighted by molar-refractivity contribution is 5.71. The molecule has 3 aromatic rings. The molecular formula is C18H16N4O2. The molecule has 2 atom stereocenters. The summed E-state index contributed by atoms with van der Waals surface area (Å²) < 4.78 is 7.18. The number of amides is 1. The molecule has 1 saturated heterocycles. The molecular weight excluding hydrogens is 304 g/mol. The van der Waals surface area contributed by atoms with Gasteiger partial charge in [0.05, 0.1) is 5.69 Å². The molecule has 1 aromatic carbocycles. The number of nitrogens with zero attached hydrogens (tertiary/aromatic N) is 3. The van der Waals surface area contributed by atoms with Crippen molar-refractivity contribution in [2.75, 3.05) is 0 Å². The Kier molecular flexibility index (Phi) is 3.49. The van der Waals surface area contributed by atoms with E-state index in [2.05, 4.69) is 15.4 Å². The molecule has 6 heteroatoms. The van der Waals surface area contributed by atoms with Gasteiger partial charge in [-0.25, -0.2) is 4.79 Å². The molecule has 0 bridgehead atoms. The maximum absolute atomic E-state index is 11.8. The van der Waals surface area contributed by atoms with Gasteiger partial charge in [-0.1, -0.05) is 30.3 Å². The van der Waals surface area contributed by atoms with E-state index >= 15 is 0 Å². The molecule has 0 radical (unpaired) electrons. The average Bonchev–Trinajstić information content (AvgIpc) is 3.21. The molecule has 4 rings (SSSR count). The summed E-state index contributed by atoms with van der Waals surface area (Å²) in [6.07, 6.45) is 4.40. The first-order valence-electron chi connectivity index (χ1n) is 7.68. The highest BCUT2D eigenvalue weighted by Gasteiger charge is 2.38. The number of carbonyl (C=O) groups excluding carboxylic acids is 1. The minimum Gasteiger partial charge on any atom is -0.437 e. The first-order chi connectivity index (χ1) is 11.7. The highest BCUT2D eigenvalue weighted by Crippen LogP contribution is 2.37. The second kappa shape index (κ2) is 5.81. The van der Waals surface area contributed by atoms with Crippen molar-refractivity contribution in [3.63, 3.8) is 0 Å². The Balaban J connectivity index is 1.72. The number of cyclic esters (lactones) is 1. The van der Waals surface area contributed by atoms with Crippen LogP contribution in [0.2, 0.25) is 0 Å². The van der Waals surface area contributed by atoms with Gasteiger partial charge in [-0.05, 0) is 23.3 Å². The molecule has 1 aliphatic heterocycles. The van der Waals surface area contributed by atoms with Crippen molar-refractivity contribution in [1.82, 2.24) is 20.1 Å². The van der Waals surface area contributed by atoms with Gasteiger partial charge in [0.15, 0.2) is 6.10 Å². The number of benzene rings is 1. The van der Waals surface area contributed by atoms with E-state index in [0.29, 0.717) is 0 Å². The average molecular weight is 320 g/mol. The second-order valence-corrected chi connectivity index (χ2v) is 5.70. The summed E-state index contributed by atoms with van der Waals surface area (Å²) >= 11 is 0. The molecule has 1 fully saturated rings. The van der Waals surface area contributed by atoms with Crippen molar-refractivity contribution >= 4 is 6.09 Å². The Morgan fingerprint density at radius 1 is 1.12 bits per heavy atom. The Morgan fingerprint density at radius 2 is 1.96 bits per heavy atom. The molecule has 3 heterocycles. The minimum absolute atomic E-state index is 0.302. The molecule has 0 spiro atoms. The Morgan fingerprint density at radius 3 is 2.71 bits per heavy atom. The number of carbonyl (C=O) groups is 1. The minimum atomic E-state index is -0.434. The zero-order chi connectivity index (χ0) is 16.5. The van der Waals surface area contributed by atoms with Crippen molar-refractivity contribution in [3.8, 4) is 11.1 Å². The first kappa shape index (κ1) is 14.4. The van der Waals surface area contributed by atoms with Gasteiger partial charge in [0.25, 0.3) is 0 Å². The van der Waals surface area contributed by atoms with E-state index in [1.807, 2.05) is 55.7 Å². The third-order valence-corrected chi connectivity index (χ3v) is 4.19. The van der Waals surface area contributed by atoms with Crippen LogP contribution in [0.3, 0.4) is 0 Å². The fourth-order valence-electron chi connectivity index (χ4n) is 2.99. The van der Waals surface area contributed by atoms with Crippen LogP contribution in [0.4, 0.5) is 4.79 Å².